The lowest BCUT2D eigenvalue weighted by Crippen LogP contribution is -2.41. The molecular formula is C22H23NO4. The minimum absolute atomic E-state index is 0.0723. The summed E-state index contributed by atoms with van der Waals surface area (Å²) >= 11 is 0. The van der Waals surface area contributed by atoms with Gasteiger partial charge < -0.3 is 14.8 Å². The highest BCUT2D eigenvalue weighted by Gasteiger charge is 2.21. The topological polar surface area (TPSA) is 79.5 Å². The number of aliphatic hydroxyl groups is 1. The Hall–Kier alpha value is -2.92. The number of carbonyl (C=O) groups is 1. The van der Waals surface area contributed by atoms with Crippen molar-refractivity contribution in [3.63, 3.8) is 0 Å². The molecule has 0 aliphatic carbocycles. The Morgan fingerprint density at radius 2 is 1.81 bits per heavy atom. The van der Waals surface area contributed by atoms with Gasteiger partial charge in [0.15, 0.2) is 11.0 Å². The molecule has 5 heteroatoms. The monoisotopic (exact) mass is 365 g/mol. The van der Waals surface area contributed by atoms with Gasteiger partial charge >= 0.3 is 0 Å². The molecule has 5 nitrogen and oxygen atoms in total. The molecule has 140 valence electrons. The van der Waals surface area contributed by atoms with Gasteiger partial charge in [-0.25, -0.2) is 0 Å². The highest BCUT2D eigenvalue weighted by atomic mass is 16.3. The molecule has 3 aromatic rings. The second-order valence-corrected chi connectivity index (χ2v) is 6.94. The summed E-state index contributed by atoms with van der Waals surface area (Å²) in [5, 5.41) is 12.7. The number of amides is 1. The van der Waals surface area contributed by atoms with Crippen LogP contribution in [0.5, 0.6) is 0 Å². The van der Waals surface area contributed by atoms with Crippen LogP contribution in [0.3, 0.4) is 0 Å². The highest BCUT2D eigenvalue weighted by Crippen LogP contribution is 2.27. The standard InChI is InChI=1S/C22H23NO4/c1-13(2)18(12-24)23-22(26)17-11-7-10-16-19(25)14(3)20(27-21(16)17)15-8-5-4-6-9-15/h4-11,13,18,24H,12H2,1-3H3,(H,23,26)/t18-/m0/s1. The van der Waals surface area contributed by atoms with Crippen LogP contribution in [0.1, 0.15) is 29.8 Å². The molecule has 1 heterocycles. The Morgan fingerprint density at radius 1 is 1.11 bits per heavy atom. The molecule has 0 saturated heterocycles. The van der Waals surface area contributed by atoms with Crippen LogP contribution in [-0.2, 0) is 0 Å². The van der Waals surface area contributed by atoms with E-state index in [2.05, 4.69) is 5.32 Å². The molecule has 0 fully saturated rings. The summed E-state index contributed by atoms with van der Waals surface area (Å²) in [6.45, 7) is 5.40. The van der Waals surface area contributed by atoms with Crippen LogP contribution in [0.4, 0.5) is 0 Å². The largest absolute Gasteiger partial charge is 0.455 e. The lowest BCUT2D eigenvalue weighted by Gasteiger charge is -2.20. The lowest BCUT2D eigenvalue weighted by molar-refractivity contribution is 0.0897. The van der Waals surface area contributed by atoms with E-state index in [1.54, 1.807) is 25.1 Å². The fourth-order valence-electron chi connectivity index (χ4n) is 3.02. The number of aliphatic hydroxyl groups excluding tert-OH is 1. The van der Waals surface area contributed by atoms with Gasteiger partial charge in [-0.15, -0.1) is 0 Å². The number of hydrogen-bond acceptors (Lipinski definition) is 4. The third kappa shape index (κ3) is 3.64. The van der Waals surface area contributed by atoms with Crippen LogP contribution in [0.2, 0.25) is 0 Å². The van der Waals surface area contributed by atoms with Gasteiger partial charge in [0.05, 0.1) is 23.6 Å². The number of fused-ring (bicyclic) bond motifs is 1. The first-order chi connectivity index (χ1) is 12.9. The van der Waals surface area contributed by atoms with Crippen molar-refractivity contribution in [1.29, 1.82) is 0 Å². The molecule has 0 radical (unpaired) electrons. The minimum atomic E-state index is -0.376. The minimum Gasteiger partial charge on any atom is -0.455 e. The molecule has 1 atom stereocenters. The Labute approximate surface area is 157 Å². The Balaban J connectivity index is 2.16. The van der Waals surface area contributed by atoms with E-state index in [9.17, 15) is 14.7 Å². The summed E-state index contributed by atoms with van der Waals surface area (Å²) in [6.07, 6.45) is 0. The second kappa shape index (κ2) is 7.76. The molecule has 0 unspecified atom stereocenters. The zero-order valence-electron chi connectivity index (χ0n) is 15.7. The van der Waals surface area contributed by atoms with Crippen molar-refractivity contribution in [2.24, 2.45) is 5.92 Å². The molecule has 1 amide bonds. The number of nitrogens with one attached hydrogen (secondary N) is 1. The predicted molar refractivity (Wildman–Crippen MR) is 106 cm³/mol. The maximum absolute atomic E-state index is 12.9. The number of para-hydroxylation sites is 1. The maximum atomic E-state index is 12.9. The van der Waals surface area contributed by atoms with E-state index in [1.165, 1.54) is 0 Å². The summed E-state index contributed by atoms with van der Waals surface area (Å²) in [5.41, 5.74) is 1.65. The first kappa shape index (κ1) is 18.9. The predicted octanol–water partition coefficient (Wildman–Crippen LogP) is 3.52. The number of carbonyl (C=O) groups excluding carboxylic acids is 1. The van der Waals surface area contributed by atoms with Gasteiger partial charge in [0.25, 0.3) is 5.91 Å². The SMILES string of the molecule is Cc1c(-c2ccccc2)oc2c(C(=O)N[C@@H](CO)C(C)C)cccc2c1=O. The molecule has 0 aliphatic rings. The van der Waals surface area contributed by atoms with E-state index >= 15 is 0 Å². The van der Waals surface area contributed by atoms with Crippen molar-refractivity contribution >= 4 is 16.9 Å². The van der Waals surface area contributed by atoms with E-state index in [1.807, 2.05) is 44.2 Å². The maximum Gasteiger partial charge on any atom is 0.255 e. The highest BCUT2D eigenvalue weighted by molar-refractivity contribution is 6.05. The van der Waals surface area contributed by atoms with E-state index in [4.69, 9.17) is 4.42 Å². The van der Waals surface area contributed by atoms with Crippen LogP contribution in [-0.4, -0.2) is 23.7 Å². The van der Waals surface area contributed by atoms with Crippen LogP contribution in [0.25, 0.3) is 22.3 Å². The van der Waals surface area contributed by atoms with E-state index in [-0.39, 0.29) is 41.0 Å². The van der Waals surface area contributed by atoms with E-state index < -0.39 is 0 Å². The molecule has 3 rings (SSSR count). The Bertz CT molecular complexity index is 1020. The fourth-order valence-corrected chi connectivity index (χ4v) is 3.02. The molecular weight excluding hydrogens is 342 g/mol. The third-order valence-corrected chi connectivity index (χ3v) is 4.74. The average molecular weight is 365 g/mol. The quantitative estimate of drug-likeness (QED) is 0.725. The number of hydrogen-bond donors (Lipinski definition) is 2. The molecule has 0 bridgehead atoms. The molecule has 2 aromatic carbocycles. The normalized spacial score (nSPS) is 12.3. The smallest absolute Gasteiger partial charge is 0.255 e. The van der Waals surface area contributed by atoms with Crippen molar-refractivity contribution in [3.8, 4) is 11.3 Å². The first-order valence-electron chi connectivity index (χ1n) is 8.97. The van der Waals surface area contributed by atoms with E-state index in [0.717, 1.165) is 5.56 Å². The zero-order chi connectivity index (χ0) is 19.6. The fraction of sp³-hybridized carbons (Fsp3) is 0.273. The van der Waals surface area contributed by atoms with Gasteiger partial charge in [-0.05, 0) is 25.0 Å². The van der Waals surface area contributed by atoms with Crippen LogP contribution < -0.4 is 10.7 Å². The number of rotatable bonds is 5. The first-order valence-corrected chi connectivity index (χ1v) is 8.97. The van der Waals surface area contributed by atoms with Crippen LogP contribution in [0, 0.1) is 12.8 Å². The van der Waals surface area contributed by atoms with Crippen molar-refractivity contribution in [2.45, 2.75) is 26.8 Å². The molecule has 1 aromatic heterocycles. The third-order valence-electron chi connectivity index (χ3n) is 4.74. The molecule has 0 aliphatic heterocycles. The molecule has 0 spiro atoms. The summed E-state index contributed by atoms with van der Waals surface area (Å²) in [7, 11) is 0. The molecule has 2 N–H and O–H groups in total. The second-order valence-electron chi connectivity index (χ2n) is 6.94. The summed E-state index contributed by atoms with van der Waals surface area (Å²) in [4.78, 5) is 25.6. The van der Waals surface area contributed by atoms with Crippen molar-refractivity contribution in [3.05, 3.63) is 69.9 Å². The zero-order valence-corrected chi connectivity index (χ0v) is 15.7. The lowest BCUT2D eigenvalue weighted by atomic mass is 10.0. The van der Waals surface area contributed by atoms with Crippen molar-refractivity contribution < 1.29 is 14.3 Å². The number of benzene rings is 2. The molecule has 27 heavy (non-hydrogen) atoms. The van der Waals surface area contributed by atoms with Crippen LogP contribution >= 0.6 is 0 Å². The van der Waals surface area contributed by atoms with Crippen molar-refractivity contribution in [2.75, 3.05) is 6.61 Å². The van der Waals surface area contributed by atoms with E-state index in [0.29, 0.717) is 16.7 Å². The average Bonchev–Trinajstić information content (AvgIpc) is 2.68. The Morgan fingerprint density at radius 3 is 2.44 bits per heavy atom. The van der Waals surface area contributed by atoms with Gasteiger partial charge in [-0.3, -0.25) is 9.59 Å². The summed E-state index contributed by atoms with van der Waals surface area (Å²) in [6, 6.07) is 13.9. The van der Waals surface area contributed by atoms with Gasteiger partial charge in [0.1, 0.15) is 5.76 Å². The van der Waals surface area contributed by atoms with Gasteiger partial charge in [0.2, 0.25) is 0 Å². The van der Waals surface area contributed by atoms with Gasteiger partial charge in [-0.2, -0.15) is 0 Å². The van der Waals surface area contributed by atoms with Crippen molar-refractivity contribution in [1.82, 2.24) is 5.32 Å². The summed E-state index contributed by atoms with van der Waals surface area (Å²) in [5.74, 6) is 0.151. The van der Waals surface area contributed by atoms with Crippen LogP contribution in [0.15, 0.2) is 57.7 Å². The summed E-state index contributed by atoms with van der Waals surface area (Å²) < 4.78 is 6.06. The molecule has 0 saturated carbocycles. The van der Waals surface area contributed by atoms with Gasteiger partial charge in [0, 0.05) is 11.1 Å². The Kier molecular flexibility index (Phi) is 5.42. The van der Waals surface area contributed by atoms with Gasteiger partial charge in [-0.1, -0.05) is 50.2 Å².